The maximum atomic E-state index is 4.10. The summed E-state index contributed by atoms with van der Waals surface area (Å²) in [6.45, 7) is 15.5. The second-order valence-corrected chi connectivity index (χ2v) is 2.97. The molecule has 0 rings (SSSR count). The van der Waals surface area contributed by atoms with Gasteiger partial charge in [-0.05, 0) is 13.3 Å². The quantitative estimate of drug-likeness (QED) is 0.526. The maximum absolute atomic E-state index is 4.10. The van der Waals surface area contributed by atoms with Crippen LogP contribution in [0.25, 0.3) is 0 Å². The van der Waals surface area contributed by atoms with Crippen LogP contribution < -0.4 is 0 Å². The summed E-state index contributed by atoms with van der Waals surface area (Å²) in [4.78, 5) is 2.27. The third-order valence-electron chi connectivity index (χ3n) is 1.87. The molecule has 0 aliphatic heterocycles. The standard InChI is InChI=1S/C11H20N/c1-5-8-11(4)12(9-6-2)10-7-3/h6-7,11H,2-5,8-10H2,1H3. The zero-order valence-electron chi connectivity index (χ0n) is 8.13. The molecule has 0 aliphatic carbocycles. The molecule has 1 radical (unpaired) electrons. The first-order chi connectivity index (χ1) is 5.76. The van der Waals surface area contributed by atoms with E-state index in [1.165, 1.54) is 6.42 Å². The lowest BCUT2D eigenvalue weighted by Crippen LogP contribution is -2.33. The Morgan fingerprint density at radius 2 is 1.75 bits per heavy atom. The van der Waals surface area contributed by atoms with Crippen LogP contribution in [-0.2, 0) is 0 Å². The van der Waals surface area contributed by atoms with E-state index in [1.54, 1.807) is 0 Å². The van der Waals surface area contributed by atoms with Gasteiger partial charge < -0.3 is 0 Å². The van der Waals surface area contributed by atoms with Crippen LogP contribution in [0, 0.1) is 6.92 Å². The summed E-state index contributed by atoms with van der Waals surface area (Å²) >= 11 is 0. The van der Waals surface area contributed by atoms with Gasteiger partial charge in [0.25, 0.3) is 0 Å². The van der Waals surface area contributed by atoms with Gasteiger partial charge in [-0.15, -0.1) is 13.2 Å². The van der Waals surface area contributed by atoms with Gasteiger partial charge in [-0.1, -0.05) is 25.5 Å². The van der Waals surface area contributed by atoms with Crippen LogP contribution in [0.3, 0.4) is 0 Å². The van der Waals surface area contributed by atoms with E-state index in [0.29, 0.717) is 6.04 Å². The molecule has 0 fully saturated rings. The molecule has 0 aromatic heterocycles. The van der Waals surface area contributed by atoms with Crippen molar-refractivity contribution in [3.8, 4) is 0 Å². The average molecular weight is 166 g/mol. The molecule has 0 spiro atoms. The van der Waals surface area contributed by atoms with Gasteiger partial charge in [0.15, 0.2) is 0 Å². The highest BCUT2D eigenvalue weighted by molar-refractivity contribution is 4.85. The normalized spacial score (nSPS) is 12.9. The molecule has 0 saturated carbocycles. The van der Waals surface area contributed by atoms with E-state index in [2.05, 4.69) is 31.9 Å². The van der Waals surface area contributed by atoms with E-state index >= 15 is 0 Å². The summed E-state index contributed by atoms with van der Waals surface area (Å²) in [5.41, 5.74) is 0. The van der Waals surface area contributed by atoms with Gasteiger partial charge >= 0.3 is 0 Å². The van der Waals surface area contributed by atoms with Crippen molar-refractivity contribution in [2.75, 3.05) is 13.1 Å². The summed E-state index contributed by atoms with van der Waals surface area (Å²) in [6, 6.07) is 0.394. The molecule has 0 bridgehead atoms. The number of hydrogen-bond acceptors (Lipinski definition) is 1. The van der Waals surface area contributed by atoms with Gasteiger partial charge in [0.05, 0.1) is 0 Å². The van der Waals surface area contributed by atoms with Gasteiger partial charge in [0, 0.05) is 19.1 Å². The Labute approximate surface area is 76.8 Å². The molecule has 1 atom stereocenters. The van der Waals surface area contributed by atoms with Crippen LogP contribution >= 0.6 is 0 Å². The number of rotatable bonds is 7. The Hall–Kier alpha value is -0.560. The van der Waals surface area contributed by atoms with Crippen molar-refractivity contribution in [1.29, 1.82) is 0 Å². The summed E-state index contributed by atoms with van der Waals surface area (Å²) < 4.78 is 0. The van der Waals surface area contributed by atoms with Gasteiger partial charge in [-0.2, -0.15) is 0 Å². The van der Waals surface area contributed by atoms with Gasteiger partial charge in [-0.3, -0.25) is 4.90 Å². The Kier molecular flexibility index (Phi) is 6.78. The van der Waals surface area contributed by atoms with Crippen LogP contribution in [0.5, 0.6) is 0 Å². The van der Waals surface area contributed by atoms with Crippen molar-refractivity contribution < 1.29 is 0 Å². The molecule has 12 heavy (non-hydrogen) atoms. The zero-order valence-corrected chi connectivity index (χ0v) is 8.13. The molecule has 0 aromatic carbocycles. The van der Waals surface area contributed by atoms with Gasteiger partial charge in [0.2, 0.25) is 0 Å². The summed E-state index contributed by atoms with van der Waals surface area (Å²) in [5.74, 6) is 0. The molecule has 1 heteroatoms. The Bertz CT molecular complexity index is 119. The predicted octanol–water partition coefficient (Wildman–Crippen LogP) is 2.66. The van der Waals surface area contributed by atoms with Crippen molar-refractivity contribution >= 4 is 0 Å². The minimum absolute atomic E-state index is 0.394. The minimum atomic E-state index is 0.394. The Morgan fingerprint density at radius 3 is 2.08 bits per heavy atom. The fraction of sp³-hybridized carbons (Fsp3) is 0.545. The number of hydrogen-bond donors (Lipinski definition) is 0. The van der Waals surface area contributed by atoms with Crippen LogP contribution in [0.4, 0.5) is 0 Å². The molecular formula is C11H20N. The van der Waals surface area contributed by atoms with E-state index < -0.39 is 0 Å². The Balaban J connectivity index is 3.88. The maximum Gasteiger partial charge on any atom is 0.0166 e. The first-order valence-corrected chi connectivity index (χ1v) is 4.55. The third-order valence-corrected chi connectivity index (χ3v) is 1.87. The van der Waals surface area contributed by atoms with Crippen molar-refractivity contribution in [3.05, 3.63) is 32.2 Å². The molecule has 1 unspecified atom stereocenters. The molecule has 0 heterocycles. The molecule has 0 amide bonds. The predicted molar refractivity (Wildman–Crippen MR) is 56.0 cm³/mol. The van der Waals surface area contributed by atoms with Crippen LogP contribution in [0.15, 0.2) is 25.3 Å². The topological polar surface area (TPSA) is 3.24 Å². The van der Waals surface area contributed by atoms with Crippen LogP contribution in [0.1, 0.15) is 19.8 Å². The highest BCUT2D eigenvalue weighted by atomic mass is 15.1. The van der Waals surface area contributed by atoms with Crippen molar-refractivity contribution in [2.45, 2.75) is 25.8 Å². The molecular weight excluding hydrogens is 146 g/mol. The van der Waals surface area contributed by atoms with E-state index in [0.717, 1.165) is 19.5 Å². The van der Waals surface area contributed by atoms with E-state index in [4.69, 9.17) is 0 Å². The second-order valence-electron chi connectivity index (χ2n) is 2.97. The smallest absolute Gasteiger partial charge is 0.0166 e. The molecule has 0 N–H and O–H groups in total. The van der Waals surface area contributed by atoms with Gasteiger partial charge in [-0.25, -0.2) is 0 Å². The fourth-order valence-electron chi connectivity index (χ4n) is 1.22. The number of nitrogens with zero attached hydrogens (tertiary/aromatic N) is 1. The van der Waals surface area contributed by atoms with E-state index in [-0.39, 0.29) is 0 Å². The highest BCUT2D eigenvalue weighted by Gasteiger charge is 2.08. The molecule has 0 aromatic rings. The van der Waals surface area contributed by atoms with Crippen LogP contribution in [0.2, 0.25) is 0 Å². The van der Waals surface area contributed by atoms with Crippen LogP contribution in [-0.4, -0.2) is 24.0 Å². The van der Waals surface area contributed by atoms with E-state index in [1.807, 2.05) is 12.2 Å². The SMILES string of the molecule is [CH2]C(CCC)N(CC=C)CC=C. The minimum Gasteiger partial charge on any atom is -0.293 e. The highest BCUT2D eigenvalue weighted by Crippen LogP contribution is 2.05. The first kappa shape index (κ1) is 11.4. The van der Waals surface area contributed by atoms with E-state index in [9.17, 15) is 0 Å². The second kappa shape index (κ2) is 7.11. The summed E-state index contributed by atoms with van der Waals surface area (Å²) in [5, 5.41) is 0. The fourth-order valence-corrected chi connectivity index (χ4v) is 1.22. The molecule has 1 nitrogen and oxygen atoms in total. The zero-order chi connectivity index (χ0) is 9.40. The monoisotopic (exact) mass is 166 g/mol. The summed E-state index contributed by atoms with van der Waals surface area (Å²) in [7, 11) is 0. The largest absolute Gasteiger partial charge is 0.293 e. The van der Waals surface area contributed by atoms with Gasteiger partial charge in [0.1, 0.15) is 0 Å². The van der Waals surface area contributed by atoms with Crippen molar-refractivity contribution in [2.24, 2.45) is 0 Å². The average Bonchev–Trinajstić information content (AvgIpc) is 2.04. The molecule has 69 valence electrons. The van der Waals surface area contributed by atoms with Crippen molar-refractivity contribution in [3.63, 3.8) is 0 Å². The lowest BCUT2D eigenvalue weighted by Gasteiger charge is -2.26. The lowest BCUT2D eigenvalue weighted by atomic mass is 10.1. The first-order valence-electron chi connectivity index (χ1n) is 4.55. The lowest BCUT2D eigenvalue weighted by molar-refractivity contribution is 0.265. The van der Waals surface area contributed by atoms with Crippen molar-refractivity contribution in [1.82, 2.24) is 4.90 Å². The molecule has 0 aliphatic rings. The Morgan fingerprint density at radius 1 is 1.25 bits per heavy atom. The summed E-state index contributed by atoms with van der Waals surface area (Å²) in [6.07, 6.45) is 6.15. The molecule has 0 saturated heterocycles. The third kappa shape index (κ3) is 4.35.